The van der Waals surface area contributed by atoms with E-state index in [9.17, 15) is 0 Å². The molecule has 1 atom stereocenters. The predicted molar refractivity (Wildman–Crippen MR) is 77.4 cm³/mol. The van der Waals surface area contributed by atoms with Crippen molar-refractivity contribution >= 4 is 29.2 Å². The molecule has 3 N–H and O–H groups in total. The first-order valence-electron chi connectivity index (χ1n) is 5.20. The summed E-state index contributed by atoms with van der Waals surface area (Å²) in [4.78, 5) is 4.49. The Labute approximate surface area is 111 Å². The third kappa shape index (κ3) is 4.81. The Kier molecular flexibility index (Phi) is 6.11. The molecule has 0 fully saturated rings. The van der Waals surface area contributed by atoms with Crippen LogP contribution in [-0.4, -0.2) is 17.0 Å². The van der Waals surface area contributed by atoms with Gasteiger partial charge in [0.2, 0.25) is 0 Å². The fourth-order valence-electron chi connectivity index (χ4n) is 1.23. The number of halogens is 1. The summed E-state index contributed by atoms with van der Waals surface area (Å²) in [5.41, 5.74) is 3.53. The predicted octanol–water partition coefficient (Wildman–Crippen LogP) is 2.82. The molecule has 0 saturated heterocycles. The number of hydrogen-bond acceptors (Lipinski definition) is 3. The molecule has 5 heteroatoms. The van der Waals surface area contributed by atoms with Gasteiger partial charge in [-0.05, 0) is 31.2 Å². The number of nitrogens with one attached hydrogen (secondary N) is 1. The molecule has 0 aromatic heterocycles. The molecule has 0 bridgehead atoms. The summed E-state index contributed by atoms with van der Waals surface area (Å²) in [6.45, 7) is 5.69. The molecule has 0 aliphatic heterocycles. The molecule has 0 heterocycles. The van der Waals surface area contributed by atoms with Crippen molar-refractivity contribution in [2.24, 2.45) is 10.8 Å². The van der Waals surface area contributed by atoms with Gasteiger partial charge in [-0.15, -0.1) is 18.3 Å². The summed E-state index contributed by atoms with van der Waals surface area (Å²) in [6.07, 6.45) is 1.86. The van der Waals surface area contributed by atoms with Crippen LogP contribution < -0.4 is 11.3 Å². The first-order valence-corrected chi connectivity index (χ1v) is 6.63. The molecular formula is C12H16ClN3S. The van der Waals surface area contributed by atoms with Gasteiger partial charge < -0.3 is 5.43 Å². The van der Waals surface area contributed by atoms with E-state index in [0.29, 0.717) is 10.9 Å². The second-order valence-corrected chi connectivity index (χ2v) is 5.14. The molecule has 1 unspecified atom stereocenters. The minimum absolute atomic E-state index is 0.120. The molecule has 0 radical (unpaired) electrons. The minimum Gasteiger partial charge on any atom is -0.308 e. The van der Waals surface area contributed by atoms with Crippen molar-refractivity contribution in [3.8, 4) is 0 Å². The van der Waals surface area contributed by atoms with E-state index in [4.69, 9.17) is 17.4 Å². The van der Waals surface area contributed by atoms with Crippen LogP contribution in [0.2, 0.25) is 5.02 Å². The standard InChI is InChI=1S/C12H16ClN3S/c1-3-8-17-9(2)15-12(16-14)10-4-6-11(13)7-5-10/h3-7,9H,1,8,14H2,2H3,(H,15,16). The van der Waals surface area contributed by atoms with Gasteiger partial charge in [0.05, 0.1) is 5.37 Å². The van der Waals surface area contributed by atoms with E-state index in [1.54, 1.807) is 11.8 Å². The molecule has 0 amide bonds. The topological polar surface area (TPSA) is 50.4 Å². The maximum atomic E-state index is 5.83. The first kappa shape index (κ1) is 14.1. The van der Waals surface area contributed by atoms with Crippen molar-refractivity contribution in [3.63, 3.8) is 0 Å². The van der Waals surface area contributed by atoms with Gasteiger partial charge in [-0.1, -0.05) is 17.7 Å². The van der Waals surface area contributed by atoms with Gasteiger partial charge in [0.25, 0.3) is 0 Å². The monoisotopic (exact) mass is 269 g/mol. The van der Waals surface area contributed by atoms with Crippen LogP contribution in [0, 0.1) is 0 Å². The van der Waals surface area contributed by atoms with E-state index in [0.717, 1.165) is 11.3 Å². The maximum absolute atomic E-state index is 5.83. The minimum atomic E-state index is 0.120. The third-order valence-corrected chi connectivity index (χ3v) is 3.29. The van der Waals surface area contributed by atoms with Crippen LogP contribution in [0.15, 0.2) is 41.9 Å². The second kappa shape index (κ2) is 7.37. The summed E-state index contributed by atoms with van der Waals surface area (Å²) in [7, 11) is 0. The highest BCUT2D eigenvalue weighted by Gasteiger charge is 2.04. The highest BCUT2D eigenvalue weighted by Crippen LogP contribution is 2.14. The average Bonchev–Trinajstić information content (AvgIpc) is 2.34. The summed E-state index contributed by atoms with van der Waals surface area (Å²) >= 11 is 7.52. The zero-order valence-corrected chi connectivity index (χ0v) is 11.3. The number of aliphatic imine (C=N–C) groups is 1. The summed E-state index contributed by atoms with van der Waals surface area (Å²) in [5, 5.41) is 0.814. The number of nitrogens with zero attached hydrogens (tertiary/aromatic N) is 1. The Morgan fingerprint density at radius 1 is 1.59 bits per heavy atom. The smallest absolute Gasteiger partial charge is 0.143 e. The van der Waals surface area contributed by atoms with Crippen molar-refractivity contribution < 1.29 is 0 Å². The van der Waals surface area contributed by atoms with Gasteiger partial charge in [0.15, 0.2) is 0 Å². The summed E-state index contributed by atoms with van der Waals surface area (Å²) in [5.74, 6) is 7.00. The van der Waals surface area contributed by atoms with E-state index in [1.165, 1.54) is 0 Å². The number of nitrogens with two attached hydrogens (primary N) is 1. The second-order valence-electron chi connectivity index (χ2n) is 3.35. The summed E-state index contributed by atoms with van der Waals surface area (Å²) in [6, 6.07) is 7.38. The number of amidine groups is 1. The Morgan fingerprint density at radius 2 is 2.24 bits per heavy atom. The SMILES string of the molecule is C=CCSC(C)N=C(NN)c1ccc(Cl)cc1. The van der Waals surface area contributed by atoms with E-state index in [2.05, 4.69) is 17.0 Å². The molecule has 0 aliphatic rings. The quantitative estimate of drug-likeness (QED) is 0.284. The van der Waals surface area contributed by atoms with Crippen molar-refractivity contribution in [3.05, 3.63) is 47.5 Å². The van der Waals surface area contributed by atoms with Crippen LogP contribution in [0.4, 0.5) is 0 Å². The zero-order valence-electron chi connectivity index (χ0n) is 9.69. The van der Waals surface area contributed by atoms with Crippen LogP contribution in [-0.2, 0) is 0 Å². The van der Waals surface area contributed by atoms with Crippen LogP contribution in [0.25, 0.3) is 0 Å². The van der Waals surface area contributed by atoms with Crippen LogP contribution in [0.1, 0.15) is 12.5 Å². The van der Waals surface area contributed by atoms with Crippen molar-refractivity contribution in [1.29, 1.82) is 0 Å². The number of thioether (sulfide) groups is 1. The molecular weight excluding hydrogens is 254 g/mol. The highest BCUT2D eigenvalue weighted by atomic mass is 35.5. The van der Waals surface area contributed by atoms with E-state index >= 15 is 0 Å². The normalized spacial score (nSPS) is 13.2. The molecule has 0 aliphatic carbocycles. The number of benzene rings is 1. The maximum Gasteiger partial charge on any atom is 0.143 e. The van der Waals surface area contributed by atoms with Gasteiger partial charge in [-0.2, -0.15) is 0 Å². The Morgan fingerprint density at radius 3 is 2.76 bits per heavy atom. The Balaban J connectivity index is 2.79. The molecule has 3 nitrogen and oxygen atoms in total. The van der Waals surface area contributed by atoms with E-state index in [1.807, 2.05) is 37.3 Å². The molecule has 0 spiro atoms. The number of hydrogen-bond donors (Lipinski definition) is 2. The highest BCUT2D eigenvalue weighted by molar-refractivity contribution is 8.00. The van der Waals surface area contributed by atoms with Crippen LogP contribution >= 0.6 is 23.4 Å². The Hall–Kier alpha value is -0.970. The lowest BCUT2D eigenvalue weighted by atomic mass is 10.2. The van der Waals surface area contributed by atoms with Gasteiger partial charge in [0, 0.05) is 16.3 Å². The van der Waals surface area contributed by atoms with Gasteiger partial charge in [-0.25, -0.2) is 5.84 Å². The van der Waals surface area contributed by atoms with E-state index < -0.39 is 0 Å². The lowest BCUT2D eigenvalue weighted by Gasteiger charge is -2.10. The number of rotatable bonds is 5. The molecule has 17 heavy (non-hydrogen) atoms. The third-order valence-electron chi connectivity index (χ3n) is 2.02. The van der Waals surface area contributed by atoms with Crippen LogP contribution in [0.5, 0.6) is 0 Å². The molecule has 1 rings (SSSR count). The molecule has 92 valence electrons. The number of hydrazine groups is 1. The van der Waals surface area contributed by atoms with Gasteiger partial charge in [-0.3, -0.25) is 4.99 Å². The lowest BCUT2D eigenvalue weighted by molar-refractivity contribution is 0.965. The summed E-state index contributed by atoms with van der Waals surface area (Å²) < 4.78 is 0. The average molecular weight is 270 g/mol. The molecule has 1 aromatic rings. The van der Waals surface area contributed by atoms with Crippen molar-refractivity contribution in [1.82, 2.24) is 5.43 Å². The van der Waals surface area contributed by atoms with Crippen molar-refractivity contribution in [2.45, 2.75) is 12.3 Å². The molecule has 1 aromatic carbocycles. The fourth-order valence-corrected chi connectivity index (χ4v) is 1.95. The Bertz CT molecular complexity index is 389. The fraction of sp³-hybridized carbons (Fsp3) is 0.250. The van der Waals surface area contributed by atoms with E-state index in [-0.39, 0.29) is 5.37 Å². The molecule has 0 saturated carbocycles. The zero-order chi connectivity index (χ0) is 12.7. The first-order chi connectivity index (χ1) is 8.17. The van der Waals surface area contributed by atoms with Crippen LogP contribution in [0.3, 0.4) is 0 Å². The van der Waals surface area contributed by atoms with Gasteiger partial charge >= 0.3 is 0 Å². The van der Waals surface area contributed by atoms with Gasteiger partial charge in [0.1, 0.15) is 5.84 Å². The lowest BCUT2D eigenvalue weighted by Crippen LogP contribution is -2.31. The largest absolute Gasteiger partial charge is 0.308 e. The van der Waals surface area contributed by atoms with Crippen molar-refractivity contribution in [2.75, 3.05) is 5.75 Å².